The first-order valence-corrected chi connectivity index (χ1v) is 9.87. The SMILES string of the molecule is CC(c1nc2ccc(Cl)cc2[nH]1)[C@H]1CC[C@@H](c2ccnc(C(F)(F)F)c2)CC1. The molecule has 2 heterocycles. The predicted octanol–water partition coefficient (Wildman–Crippen LogP) is 6.71. The van der Waals surface area contributed by atoms with Gasteiger partial charge in [0.2, 0.25) is 0 Å². The summed E-state index contributed by atoms with van der Waals surface area (Å²) in [4.78, 5) is 11.5. The molecule has 3 aromatic rings. The smallest absolute Gasteiger partial charge is 0.342 e. The van der Waals surface area contributed by atoms with Gasteiger partial charge in [-0.15, -0.1) is 0 Å². The molecule has 7 heteroatoms. The molecule has 0 spiro atoms. The van der Waals surface area contributed by atoms with Crippen LogP contribution in [0.4, 0.5) is 13.2 Å². The number of alkyl halides is 3. The molecule has 1 aliphatic carbocycles. The highest BCUT2D eigenvalue weighted by Crippen LogP contribution is 2.42. The van der Waals surface area contributed by atoms with Crippen molar-refractivity contribution in [3.05, 3.63) is 58.6 Å². The Morgan fingerprint density at radius 1 is 1.11 bits per heavy atom. The predicted molar refractivity (Wildman–Crippen MR) is 103 cm³/mol. The minimum Gasteiger partial charge on any atom is -0.342 e. The average molecular weight is 408 g/mol. The van der Waals surface area contributed by atoms with E-state index in [0.717, 1.165) is 48.1 Å². The van der Waals surface area contributed by atoms with E-state index in [1.54, 1.807) is 6.07 Å². The van der Waals surface area contributed by atoms with Crippen LogP contribution in [-0.4, -0.2) is 15.0 Å². The van der Waals surface area contributed by atoms with Crippen LogP contribution >= 0.6 is 11.6 Å². The molecule has 4 rings (SSSR count). The van der Waals surface area contributed by atoms with E-state index >= 15 is 0 Å². The monoisotopic (exact) mass is 407 g/mol. The van der Waals surface area contributed by atoms with E-state index in [4.69, 9.17) is 16.6 Å². The molecular weight excluding hydrogens is 387 g/mol. The Kier molecular flexibility index (Phi) is 5.08. The van der Waals surface area contributed by atoms with Crippen LogP contribution in [0, 0.1) is 5.92 Å². The van der Waals surface area contributed by atoms with E-state index in [9.17, 15) is 13.2 Å². The molecule has 3 nitrogen and oxygen atoms in total. The average Bonchev–Trinajstić information content (AvgIpc) is 3.10. The molecule has 1 aliphatic rings. The summed E-state index contributed by atoms with van der Waals surface area (Å²) in [6.45, 7) is 2.17. The summed E-state index contributed by atoms with van der Waals surface area (Å²) >= 11 is 6.05. The lowest BCUT2D eigenvalue weighted by molar-refractivity contribution is -0.141. The van der Waals surface area contributed by atoms with Crippen LogP contribution in [0.15, 0.2) is 36.5 Å². The summed E-state index contributed by atoms with van der Waals surface area (Å²) in [7, 11) is 0. The number of nitrogens with zero attached hydrogens (tertiary/aromatic N) is 2. The summed E-state index contributed by atoms with van der Waals surface area (Å²) in [5.74, 6) is 1.82. The first kappa shape index (κ1) is 19.2. The number of rotatable bonds is 3. The van der Waals surface area contributed by atoms with Crippen molar-refractivity contribution in [3.63, 3.8) is 0 Å². The number of imidazole rings is 1. The first-order chi connectivity index (χ1) is 13.3. The molecule has 1 aromatic carbocycles. The van der Waals surface area contributed by atoms with E-state index in [-0.39, 0.29) is 11.8 Å². The highest BCUT2D eigenvalue weighted by Gasteiger charge is 2.34. The van der Waals surface area contributed by atoms with Crippen LogP contribution in [0.2, 0.25) is 5.02 Å². The van der Waals surface area contributed by atoms with Gasteiger partial charge in [0, 0.05) is 17.1 Å². The molecule has 0 aliphatic heterocycles. The third-order valence-corrected chi connectivity index (χ3v) is 6.15. The number of aromatic amines is 1. The van der Waals surface area contributed by atoms with E-state index < -0.39 is 11.9 Å². The fraction of sp³-hybridized carbons (Fsp3) is 0.429. The Morgan fingerprint density at radius 2 is 1.86 bits per heavy atom. The van der Waals surface area contributed by atoms with Gasteiger partial charge in [-0.3, -0.25) is 4.98 Å². The molecule has 28 heavy (non-hydrogen) atoms. The number of hydrogen-bond acceptors (Lipinski definition) is 2. The number of aromatic nitrogens is 3. The molecule has 1 N–H and O–H groups in total. The Hall–Kier alpha value is -2.08. The third-order valence-electron chi connectivity index (χ3n) is 5.92. The van der Waals surface area contributed by atoms with Crippen molar-refractivity contribution < 1.29 is 13.2 Å². The van der Waals surface area contributed by atoms with Crippen LogP contribution in [0.5, 0.6) is 0 Å². The fourth-order valence-electron chi connectivity index (χ4n) is 4.25. The second kappa shape index (κ2) is 7.39. The minimum absolute atomic E-state index is 0.155. The Balaban J connectivity index is 1.44. The summed E-state index contributed by atoms with van der Waals surface area (Å²) < 4.78 is 38.8. The van der Waals surface area contributed by atoms with Crippen LogP contribution in [-0.2, 0) is 6.18 Å². The Labute approximate surface area is 166 Å². The van der Waals surface area contributed by atoms with Crippen molar-refractivity contribution in [2.24, 2.45) is 5.92 Å². The van der Waals surface area contributed by atoms with Crippen LogP contribution < -0.4 is 0 Å². The molecule has 1 unspecified atom stereocenters. The molecule has 0 saturated heterocycles. The van der Waals surface area contributed by atoms with E-state index in [2.05, 4.69) is 16.9 Å². The third kappa shape index (κ3) is 3.88. The van der Waals surface area contributed by atoms with Gasteiger partial charge in [0.1, 0.15) is 11.5 Å². The fourth-order valence-corrected chi connectivity index (χ4v) is 4.42. The number of H-pyrrole nitrogens is 1. The normalized spacial score (nSPS) is 21.8. The van der Waals surface area contributed by atoms with Crippen molar-refractivity contribution in [2.75, 3.05) is 0 Å². The van der Waals surface area contributed by atoms with Gasteiger partial charge in [-0.2, -0.15) is 13.2 Å². The van der Waals surface area contributed by atoms with Gasteiger partial charge in [0.25, 0.3) is 0 Å². The maximum absolute atomic E-state index is 12.9. The van der Waals surface area contributed by atoms with Crippen molar-refractivity contribution in [1.29, 1.82) is 0 Å². The topological polar surface area (TPSA) is 41.6 Å². The van der Waals surface area contributed by atoms with Crippen molar-refractivity contribution >= 4 is 22.6 Å². The quantitative estimate of drug-likeness (QED) is 0.524. The number of benzene rings is 1. The lowest BCUT2D eigenvalue weighted by Crippen LogP contribution is -2.19. The van der Waals surface area contributed by atoms with Gasteiger partial charge in [-0.05, 0) is 73.4 Å². The standard InChI is InChI=1S/C21H21ClF3N3/c1-12(20-27-17-7-6-16(22)11-18(17)28-20)13-2-4-14(5-3-13)15-8-9-26-19(10-15)21(23,24)25/h6-14H,2-5H2,1H3,(H,27,28)/t12?,13-,14+. The zero-order chi connectivity index (χ0) is 19.9. The molecule has 1 saturated carbocycles. The van der Waals surface area contributed by atoms with Gasteiger partial charge in [0.05, 0.1) is 11.0 Å². The van der Waals surface area contributed by atoms with Gasteiger partial charge in [0.15, 0.2) is 0 Å². The Bertz CT molecular complexity index is 974. The number of nitrogens with one attached hydrogen (secondary N) is 1. The maximum atomic E-state index is 12.9. The zero-order valence-electron chi connectivity index (χ0n) is 15.4. The summed E-state index contributed by atoms with van der Waals surface area (Å²) in [6, 6.07) is 8.53. The molecule has 0 radical (unpaired) electrons. The van der Waals surface area contributed by atoms with Crippen LogP contribution in [0.1, 0.15) is 61.5 Å². The molecule has 148 valence electrons. The number of halogens is 4. The molecule has 2 aromatic heterocycles. The van der Waals surface area contributed by atoms with E-state index in [1.807, 2.05) is 18.2 Å². The minimum atomic E-state index is -4.40. The van der Waals surface area contributed by atoms with Gasteiger partial charge < -0.3 is 4.98 Å². The number of pyridine rings is 1. The maximum Gasteiger partial charge on any atom is 0.433 e. The number of fused-ring (bicyclic) bond motifs is 1. The molecular formula is C21H21ClF3N3. The second-order valence-corrected chi connectivity index (χ2v) is 8.09. The van der Waals surface area contributed by atoms with Gasteiger partial charge in [-0.1, -0.05) is 18.5 Å². The first-order valence-electron chi connectivity index (χ1n) is 9.49. The van der Waals surface area contributed by atoms with Gasteiger partial charge in [-0.25, -0.2) is 4.98 Å². The number of hydrogen-bond donors (Lipinski definition) is 1. The van der Waals surface area contributed by atoms with Crippen LogP contribution in [0.25, 0.3) is 11.0 Å². The largest absolute Gasteiger partial charge is 0.433 e. The highest BCUT2D eigenvalue weighted by atomic mass is 35.5. The summed E-state index contributed by atoms with van der Waals surface area (Å²) in [5.41, 5.74) is 1.77. The van der Waals surface area contributed by atoms with Crippen molar-refractivity contribution in [1.82, 2.24) is 15.0 Å². The summed E-state index contributed by atoms with van der Waals surface area (Å²) in [5, 5.41) is 0.673. The van der Waals surface area contributed by atoms with E-state index in [0.29, 0.717) is 10.9 Å². The van der Waals surface area contributed by atoms with Crippen molar-refractivity contribution in [2.45, 2.75) is 50.6 Å². The zero-order valence-corrected chi connectivity index (χ0v) is 16.2. The Morgan fingerprint density at radius 3 is 2.57 bits per heavy atom. The molecule has 0 bridgehead atoms. The molecule has 1 fully saturated rings. The van der Waals surface area contributed by atoms with Crippen molar-refractivity contribution in [3.8, 4) is 0 Å². The van der Waals surface area contributed by atoms with Gasteiger partial charge >= 0.3 is 6.18 Å². The molecule has 0 amide bonds. The lowest BCUT2D eigenvalue weighted by Gasteiger charge is -2.32. The lowest BCUT2D eigenvalue weighted by atomic mass is 9.74. The second-order valence-electron chi connectivity index (χ2n) is 7.66. The van der Waals surface area contributed by atoms with Crippen LogP contribution in [0.3, 0.4) is 0 Å². The summed E-state index contributed by atoms with van der Waals surface area (Å²) in [6.07, 6.45) is 0.559. The highest BCUT2D eigenvalue weighted by molar-refractivity contribution is 6.31. The van der Waals surface area contributed by atoms with E-state index in [1.165, 1.54) is 12.3 Å². The molecule has 1 atom stereocenters.